The molecule has 0 spiro atoms. The molecule has 0 aliphatic rings. The van der Waals surface area contributed by atoms with Crippen molar-refractivity contribution in [2.45, 2.75) is 26.8 Å². The van der Waals surface area contributed by atoms with Crippen LogP contribution in [0.4, 0.5) is 0 Å². The van der Waals surface area contributed by atoms with E-state index in [1.165, 1.54) is 0 Å². The fraction of sp³-hybridized carbons (Fsp3) is 0.727. The van der Waals surface area contributed by atoms with E-state index in [-0.39, 0.29) is 5.91 Å². The van der Waals surface area contributed by atoms with Crippen LogP contribution >= 0.6 is 0 Å². The van der Waals surface area contributed by atoms with Gasteiger partial charge in [-0.15, -0.1) is 0 Å². The molecular weight excluding hydrogens is 192 g/mol. The Labute approximate surface area is 92.1 Å². The SMILES string of the molecule is C=C(C)COCCNC(=O)CNC(C)C. The summed E-state index contributed by atoms with van der Waals surface area (Å²) in [5.41, 5.74) is 0.989. The summed E-state index contributed by atoms with van der Waals surface area (Å²) >= 11 is 0. The molecule has 0 heterocycles. The summed E-state index contributed by atoms with van der Waals surface area (Å²) in [6.45, 7) is 11.6. The maximum absolute atomic E-state index is 11.2. The first-order valence-corrected chi connectivity index (χ1v) is 5.24. The molecule has 0 fully saturated rings. The minimum absolute atomic E-state index is 0.00243. The van der Waals surface area contributed by atoms with Gasteiger partial charge in [0.15, 0.2) is 0 Å². The van der Waals surface area contributed by atoms with Crippen LogP contribution in [0.2, 0.25) is 0 Å². The van der Waals surface area contributed by atoms with Crippen molar-refractivity contribution in [1.82, 2.24) is 10.6 Å². The first kappa shape index (κ1) is 14.1. The second-order valence-electron chi connectivity index (χ2n) is 3.90. The summed E-state index contributed by atoms with van der Waals surface area (Å²) < 4.78 is 5.24. The van der Waals surface area contributed by atoms with Crippen LogP contribution in [-0.2, 0) is 9.53 Å². The zero-order chi connectivity index (χ0) is 11.7. The molecule has 4 heteroatoms. The van der Waals surface area contributed by atoms with Gasteiger partial charge in [-0.1, -0.05) is 26.0 Å². The highest BCUT2D eigenvalue weighted by molar-refractivity contribution is 5.77. The Kier molecular flexibility index (Phi) is 7.95. The average Bonchev–Trinajstić information content (AvgIpc) is 2.13. The second kappa shape index (κ2) is 8.44. The summed E-state index contributed by atoms with van der Waals surface area (Å²) in [6.07, 6.45) is 0. The van der Waals surface area contributed by atoms with Crippen molar-refractivity contribution in [3.8, 4) is 0 Å². The van der Waals surface area contributed by atoms with Crippen molar-refractivity contribution in [3.05, 3.63) is 12.2 Å². The van der Waals surface area contributed by atoms with Crippen LogP contribution in [0.3, 0.4) is 0 Å². The first-order chi connectivity index (χ1) is 7.02. The first-order valence-electron chi connectivity index (χ1n) is 5.24. The van der Waals surface area contributed by atoms with Gasteiger partial charge in [0, 0.05) is 12.6 Å². The Morgan fingerprint density at radius 1 is 1.47 bits per heavy atom. The molecule has 0 aliphatic heterocycles. The molecule has 2 N–H and O–H groups in total. The van der Waals surface area contributed by atoms with Crippen LogP contribution in [0, 0.1) is 0 Å². The zero-order valence-electron chi connectivity index (χ0n) is 9.93. The van der Waals surface area contributed by atoms with Gasteiger partial charge in [0.1, 0.15) is 0 Å². The highest BCUT2D eigenvalue weighted by Gasteiger charge is 2.00. The van der Waals surface area contributed by atoms with E-state index in [2.05, 4.69) is 17.2 Å². The predicted molar refractivity (Wildman–Crippen MR) is 61.8 cm³/mol. The molecule has 0 unspecified atom stereocenters. The molecule has 0 atom stereocenters. The molecule has 0 aromatic carbocycles. The lowest BCUT2D eigenvalue weighted by atomic mass is 10.4. The van der Waals surface area contributed by atoms with E-state index in [4.69, 9.17) is 4.74 Å². The molecule has 88 valence electrons. The van der Waals surface area contributed by atoms with E-state index in [1.54, 1.807) is 0 Å². The van der Waals surface area contributed by atoms with Crippen LogP contribution in [0.1, 0.15) is 20.8 Å². The van der Waals surface area contributed by atoms with Crippen molar-refractivity contribution in [2.75, 3.05) is 26.3 Å². The Balaban J connectivity index is 3.28. The van der Waals surface area contributed by atoms with Crippen molar-refractivity contribution in [1.29, 1.82) is 0 Å². The van der Waals surface area contributed by atoms with Crippen molar-refractivity contribution in [2.24, 2.45) is 0 Å². The third-order valence-electron chi connectivity index (χ3n) is 1.59. The Hall–Kier alpha value is -0.870. The van der Waals surface area contributed by atoms with Gasteiger partial charge in [-0.25, -0.2) is 0 Å². The van der Waals surface area contributed by atoms with Gasteiger partial charge in [-0.3, -0.25) is 4.79 Å². The van der Waals surface area contributed by atoms with Gasteiger partial charge in [0.25, 0.3) is 0 Å². The summed E-state index contributed by atoms with van der Waals surface area (Å²) in [4.78, 5) is 11.2. The summed E-state index contributed by atoms with van der Waals surface area (Å²) in [7, 11) is 0. The highest BCUT2D eigenvalue weighted by atomic mass is 16.5. The number of hydrogen-bond acceptors (Lipinski definition) is 3. The molecular formula is C11H22N2O2. The Morgan fingerprint density at radius 2 is 2.13 bits per heavy atom. The molecule has 0 saturated heterocycles. The normalized spacial score (nSPS) is 10.4. The predicted octanol–water partition coefficient (Wildman–Crippen LogP) is 0.693. The maximum atomic E-state index is 11.2. The molecule has 0 radical (unpaired) electrons. The number of ether oxygens (including phenoxy) is 1. The van der Waals surface area contributed by atoms with Gasteiger partial charge in [0.05, 0.1) is 19.8 Å². The molecule has 15 heavy (non-hydrogen) atoms. The zero-order valence-corrected chi connectivity index (χ0v) is 9.93. The lowest BCUT2D eigenvalue weighted by molar-refractivity contribution is -0.120. The minimum atomic E-state index is 0.00243. The van der Waals surface area contributed by atoms with Crippen LogP contribution in [-0.4, -0.2) is 38.3 Å². The van der Waals surface area contributed by atoms with Crippen LogP contribution < -0.4 is 10.6 Å². The topological polar surface area (TPSA) is 50.4 Å². The molecule has 0 bridgehead atoms. The molecule has 0 aromatic rings. The van der Waals surface area contributed by atoms with Gasteiger partial charge in [0.2, 0.25) is 5.91 Å². The van der Waals surface area contributed by atoms with Gasteiger partial charge in [-0.05, 0) is 6.92 Å². The Morgan fingerprint density at radius 3 is 2.67 bits per heavy atom. The summed E-state index contributed by atoms with van der Waals surface area (Å²) in [5.74, 6) is 0.00243. The lowest BCUT2D eigenvalue weighted by Gasteiger charge is -2.09. The van der Waals surface area contributed by atoms with E-state index in [0.29, 0.717) is 32.3 Å². The van der Waals surface area contributed by atoms with Gasteiger partial charge < -0.3 is 15.4 Å². The number of carbonyl (C=O) groups excluding carboxylic acids is 1. The van der Waals surface area contributed by atoms with Gasteiger partial charge in [-0.2, -0.15) is 0 Å². The van der Waals surface area contributed by atoms with E-state index < -0.39 is 0 Å². The largest absolute Gasteiger partial charge is 0.375 e. The Bertz CT molecular complexity index is 203. The highest BCUT2D eigenvalue weighted by Crippen LogP contribution is 1.86. The number of hydrogen-bond donors (Lipinski definition) is 2. The number of amides is 1. The number of nitrogens with one attached hydrogen (secondary N) is 2. The van der Waals surface area contributed by atoms with Crippen molar-refractivity contribution >= 4 is 5.91 Å². The third-order valence-corrected chi connectivity index (χ3v) is 1.59. The summed E-state index contributed by atoms with van der Waals surface area (Å²) in [6, 6.07) is 0.329. The van der Waals surface area contributed by atoms with Crippen LogP contribution in [0.15, 0.2) is 12.2 Å². The smallest absolute Gasteiger partial charge is 0.234 e. The molecule has 1 amide bonds. The standard InChI is InChI=1S/C11H22N2O2/c1-9(2)8-15-6-5-12-11(14)7-13-10(3)4/h10,13H,1,5-8H2,2-4H3,(H,12,14). The molecule has 0 rings (SSSR count). The van der Waals surface area contributed by atoms with E-state index in [0.717, 1.165) is 5.57 Å². The number of carbonyl (C=O) groups is 1. The minimum Gasteiger partial charge on any atom is -0.375 e. The quantitative estimate of drug-likeness (QED) is 0.462. The lowest BCUT2D eigenvalue weighted by Crippen LogP contribution is -2.38. The van der Waals surface area contributed by atoms with Crippen LogP contribution in [0.25, 0.3) is 0 Å². The third kappa shape index (κ3) is 11.1. The van der Waals surface area contributed by atoms with Crippen molar-refractivity contribution in [3.63, 3.8) is 0 Å². The van der Waals surface area contributed by atoms with Crippen LogP contribution in [0.5, 0.6) is 0 Å². The molecule has 0 aromatic heterocycles. The van der Waals surface area contributed by atoms with Gasteiger partial charge >= 0.3 is 0 Å². The maximum Gasteiger partial charge on any atom is 0.234 e. The molecule has 0 saturated carbocycles. The van der Waals surface area contributed by atoms with Crippen molar-refractivity contribution < 1.29 is 9.53 Å². The summed E-state index contributed by atoms with van der Waals surface area (Å²) in [5, 5.41) is 5.79. The molecule has 4 nitrogen and oxygen atoms in total. The molecule has 0 aliphatic carbocycles. The second-order valence-corrected chi connectivity index (χ2v) is 3.90. The van der Waals surface area contributed by atoms with E-state index in [9.17, 15) is 4.79 Å². The average molecular weight is 214 g/mol. The fourth-order valence-corrected chi connectivity index (χ4v) is 0.868. The monoisotopic (exact) mass is 214 g/mol. The van der Waals surface area contributed by atoms with E-state index in [1.807, 2.05) is 20.8 Å². The fourth-order valence-electron chi connectivity index (χ4n) is 0.868. The number of rotatable bonds is 8. The van der Waals surface area contributed by atoms with E-state index >= 15 is 0 Å².